The number of rotatable bonds is 7. The van der Waals surface area contributed by atoms with E-state index in [1.54, 1.807) is 6.07 Å². The highest BCUT2D eigenvalue weighted by Gasteiger charge is 2.18. The predicted molar refractivity (Wildman–Crippen MR) is 87.7 cm³/mol. The third kappa shape index (κ3) is 4.56. The quantitative estimate of drug-likeness (QED) is 0.831. The van der Waals surface area contributed by atoms with Crippen molar-refractivity contribution in [3.05, 3.63) is 52.4 Å². The number of aromatic nitrogens is 1. The molecule has 1 amide bonds. The lowest BCUT2D eigenvalue weighted by Gasteiger charge is -2.07. The van der Waals surface area contributed by atoms with Crippen LogP contribution in [0.4, 0.5) is 0 Å². The molecule has 128 valence electrons. The maximum Gasteiger partial charge on any atom is 0.273 e. The van der Waals surface area contributed by atoms with Gasteiger partial charge in [-0.3, -0.25) is 4.79 Å². The summed E-state index contributed by atoms with van der Waals surface area (Å²) in [7, 11) is 0. The number of amides is 1. The molecular weight excluding hydrogens is 332 g/mol. The molecule has 0 saturated carbocycles. The lowest BCUT2D eigenvalue weighted by Crippen LogP contribution is -2.29. The fraction of sp³-hybridized carbons (Fsp3) is 0.412. The van der Waals surface area contributed by atoms with Gasteiger partial charge in [-0.25, -0.2) is 0 Å². The highest BCUT2D eigenvalue weighted by molar-refractivity contribution is 6.31. The Labute approximate surface area is 145 Å². The summed E-state index contributed by atoms with van der Waals surface area (Å²) >= 11 is 6.06. The number of halogens is 1. The van der Waals surface area contributed by atoms with Gasteiger partial charge in [0.25, 0.3) is 5.91 Å². The van der Waals surface area contributed by atoms with E-state index < -0.39 is 0 Å². The molecule has 24 heavy (non-hydrogen) atoms. The Kier molecular flexibility index (Phi) is 5.85. The Morgan fingerprint density at radius 2 is 2.25 bits per heavy atom. The van der Waals surface area contributed by atoms with Crippen LogP contribution in [0.25, 0.3) is 0 Å². The molecule has 1 saturated heterocycles. The van der Waals surface area contributed by atoms with Gasteiger partial charge in [0.15, 0.2) is 11.5 Å². The summed E-state index contributed by atoms with van der Waals surface area (Å²) in [5.41, 5.74) is 1.15. The van der Waals surface area contributed by atoms with Crippen LogP contribution in [-0.2, 0) is 22.7 Å². The molecule has 1 unspecified atom stereocenters. The predicted octanol–water partition coefficient (Wildman–Crippen LogP) is 2.81. The Bertz CT molecular complexity index is 683. The first kappa shape index (κ1) is 17.0. The van der Waals surface area contributed by atoms with Gasteiger partial charge in [-0.1, -0.05) is 35.0 Å². The average molecular weight is 351 g/mol. The summed E-state index contributed by atoms with van der Waals surface area (Å²) in [5, 5.41) is 7.28. The third-order valence-corrected chi connectivity index (χ3v) is 4.20. The van der Waals surface area contributed by atoms with Crippen molar-refractivity contribution in [1.29, 1.82) is 0 Å². The number of benzene rings is 1. The SMILES string of the molecule is O=C(NCC1CCOC1)c1cc(COCc2ccccc2Cl)on1. The second-order valence-electron chi connectivity index (χ2n) is 5.70. The molecule has 1 aromatic carbocycles. The minimum absolute atomic E-state index is 0.224. The van der Waals surface area contributed by atoms with Crippen molar-refractivity contribution < 1.29 is 18.8 Å². The zero-order valence-corrected chi connectivity index (χ0v) is 13.9. The van der Waals surface area contributed by atoms with E-state index in [9.17, 15) is 4.79 Å². The summed E-state index contributed by atoms with van der Waals surface area (Å²) < 4.78 is 16.0. The molecule has 6 nitrogen and oxygen atoms in total. The van der Waals surface area contributed by atoms with E-state index >= 15 is 0 Å². The van der Waals surface area contributed by atoms with Crippen LogP contribution in [0, 0.1) is 5.92 Å². The minimum Gasteiger partial charge on any atom is -0.381 e. The molecule has 1 N–H and O–H groups in total. The normalized spacial score (nSPS) is 17.1. The van der Waals surface area contributed by atoms with Crippen molar-refractivity contribution in [3.63, 3.8) is 0 Å². The molecule has 3 rings (SSSR count). The molecule has 0 aliphatic carbocycles. The van der Waals surface area contributed by atoms with Crippen LogP contribution in [0.3, 0.4) is 0 Å². The van der Waals surface area contributed by atoms with Crippen LogP contribution >= 0.6 is 11.6 Å². The highest BCUT2D eigenvalue weighted by atomic mass is 35.5. The lowest BCUT2D eigenvalue weighted by atomic mass is 10.1. The van der Waals surface area contributed by atoms with Crippen LogP contribution in [0.1, 0.15) is 28.2 Å². The van der Waals surface area contributed by atoms with Crippen molar-refractivity contribution in [2.45, 2.75) is 19.6 Å². The van der Waals surface area contributed by atoms with Crippen molar-refractivity contribution in [3.8, 4) is 0 Å². The van der Waals surface area contributed by atoms with E-state index in [4.69, 9.17) is 25.6 Å². The summed E-state index contributed by atoms with van der Waals surface area (Å²) in [5.74, 6) is 0.624. The van der Waals surface area contributed by atoms with Crippen molar-refractivity contribution in [2.75, 3.05) is 19.8 Å². The average Bonchev–Trinajstić information content (AvgIpc) is 3.26. The van der Waals surface area contributed by atoms with Crippen molar-refractivity contribution in [2.24, 2.45) is 5.92 Å². The van der Waals surface area contributed by atoms with Gasteiger partial charge in [-0.05, 0) is 18.1 Å². The molecule has 2 aromatic rings. The van der Waals surface area contributed by atoms with Gasteiger partial charge >= 0.3 is 0 Å². The summed E-state index contributed by atoms with van der Waals surface area (Å²) in [6, 6.07) is 9.07. The maximum atomic E-state index is 12.0. The van der Waals surface area contributed by atoms with E-state index in [0.717, 1.165) is 18.6 Å². The van der Waals surface area contributed by atoms with Gasteiger partial charge < -0.3 is 19.3 Å². The Morgan fingerprint density at radius 3 is 3.04 bits per heavy atom. The zero-order valence-electron chi connectivity index (χ0n) is 13.2. The van der Waals surface area contributed by atoms with Crippen LogP contribution < -0.4 is 5.32 Å². The molecule has 1 aromatic heterocycles. The standard InChI is InChI=1S/C17H19ClN2O4/c18-15-4-2-1-3-13(15)10-23-11-14-7-16(20-24-14)17(21)19-8-12-5-6-22-9-12/h1-4,7,12H,5-6,8-11H2,(H,19,21). The molecule has 2 heterocycles. The number of carbonyl (C=O) groups is 1. The fourth-order valence-electron chi connectivity index (χ4n) is 2.44. The van der Waals surface area contributed by atoms with Gasteiger partial charge in [0.05, 0.1) is 13.2 Å². The van der Waals surface area contributed by atoms with Gasteiger partial charge in [-0.15, -0.1) is 0 Å². The van der Waals surface area contributed by atoms with E-state index in [-0.39, 0.29) is 18.2 Å². The molecule has 1 aliphatic rings. The minimum atomic E-state index is -0.247. The fourth-order valence-corrected chi connectivity index (χ4v) is 2.63. The van der Waals surface area contributed by atoms with E-state index in [2.05, 4.69) is 10.5 Å². The number of nitrogens with one attached hydrogen (secondary N) is 1. The first-order chi connectivity index (χ1) is 11.7. The summed E-state index contributed by atoms with van der Waals surface area (Å²) in [4.78, 5) is 12.0. The number of hydrogen-bond acceptors (Lipinski definition) is 5. The second-order valence-corrected chi connectivity index (χ2v) is 6.11. The molecule has 1 aliphatic heterocycles. The molecule has 0 radical (unpaired) electrons. The molecular formula is C17H19ClN2O4. The van der Waals surface area contributed by atoms with Gasteiger partial charge in [-0.2, -0.15) is 0 Å². The largest absolute Gasteiger partial charge is 0.381 e. The summed E-state index contributed by atoms with van der Waals surface area (Å²) in [6.45, 7) is 2.63. The Hall–Kier alpha value is -1.89. The van der Waals surface area contributed by atoms with Crippen LogP contribution in [0.15, 0.2) is 34.9 Å². The number of carbonyl (C=O) groups excluding carboxylic acids is 1. The maximum absolute atomic E-state index is 12.0. The van der Waals surface area contributed by atoms with Crippen LogP contribution in [-0.4, -0.2) is 30.8 Å². The van der Waals surface area contributed by atoms with Gasteiger partial charge in [0.2, 0.25) is 0 Å². The molecule has 1 fully saturated rings. The van der Waals surface area contributed by atoms with Gasteiger partial charge in [0, 0.05) is 30.2 Å². The topological polar surface area (TPSA) is 73.6 Å². The number of ether oxygens (including phenoxy) is 2. The first-order valence-corrected chi connectivity index (χ1v) is 8.23. The van der Waals surface area contributed by atoms with Crippen LogP contribution in [0.5, 0.6) is 0 Å². The number of nitrogens with zero attached hydrogens (tertiary/aromatic N) is 1. The van der Waals surface area contributed by atoms with Crippen molar-refractivity contribution >= 4 is 17.5 Å². The first-order valence-electron chi connectivity index (χ1n) is 7.85. The molecule has 0 spiro atoms. The third-order valence-electron chi connectivity index (χ3n) is 3.83. The Balaban J connectivity index is 1.44. The van der Waals surface area contributed by atoms with Crippen LogP contribution in [0.2, 0.25) is 5.02 Å². The van der Waals surface area contributed by atoms with E-state index in [1.165, 1.54) is 0 Å². The monoisotopic (exact) mass is 350 g/mol. The molecule has 1 atom stereocenters. The van der Waals surface area contributed by atoms with E-state index in [1.807, 2.05) is 24.3 Å². The van der Waals surface area contributed by atoms with Crippen molar-refractivity contribution in [1.82, 2.24) is 10.5 Å². The number of hydrogen-bond donors (Lipinski definition) is 1. The smallest absolute Gasteiger partial charge is 0.273 e. The van der Waals surface area contributed by atoms with E-state index in [0.29, 0.717) is 36.5 Å². The second kappa shape index (κ2) is 8.28. The zero-order chi connectivity index (χ0) is 16.8. The summed E-state index contributed by atoms with van der Waals surface area (Å²) in [6.07, 6.45) is 0.972. The van der Waals surface area contributed by atoms with Gasteiger partial charge in [0.1, 0.15) is 6.61 Å². The molecule has 7 heteroatoms. The highest BCUT2D eigenvalue weighted by Crippen LogP contribution is 2.17. The molecule has 0 bridgehead atoms. The Morgan fingerprint density at radius 1 is 1.38 bits per heavy atom. The lowest BCUT2D eigenvalue weighted by molar-refractivity contribution is 0.0877.